The lowest BCUT2D eigenvalue weighted by molar-refractivity contribution is 0.0616. The van der Waals surface area contributed by atoms with Gasteiger partial charge in [-0.25, -0.2) is 10.8 Å². The zero-order chi connectivity index (χ0) is 22.8. The summed E-state index contributed by atoms with van der Waals surface area (Å²) in [7, 11) is 0. The Bertz CT molecular complexity index is 1240. The number of aromatic amines is 1. The summed E-state index contributed by atoms with van der Waals surface area (Å²) in [6.45, 7) is 2.59. The van der Waals surface area contributed by atoms with Gasteiger partial charge in [0, 0.05) is 31.1 Å². The van der Waals surface area contributed by atoms with E-state index in [4.69, 9.17) is 10.3 Å². The van der Waals surface area contributed by atoms with Crippen molar-refractivity contribution in [1.82, 2.24) is 35.1 Å². The molecule has 5 heterocycles. The maximum atomic E-state index is 13.4. The summed E-state index contributed by atoms with van der Waals surface area (Å²) in [6.07, 6.45) is 13.2. The molecule has 1 amide bonds. The molecular formula is C23H24N8O2. The minimum atomic E-state index is -0.332. The Hall–Kier alpha value is -4.05. The van der Waals surface area contributed by atoms with E-state index in [9.17, 15) is 4.79 Å². The number of carbonyl (C=O) groups is 1. The van der Waals surface area contributed by atoms with Gasteiger partial charge in [0.1, 0.15) is 5.69 Å². The summed E-state index contributed by atoms with van der Waals surface area (Å²) in [5, 5.41) is 9.62. The number of nitrogens with one attached hydrogen (secondary N) is 1. The molecule has 0 bridgehead atoms. The van der Waals surface area contributed by atoms with Crippen LogP contribution in [-0.2, 0) is 6.42 Å². The van der Waals surface area contributed by atoms with Gasteiger partial charge >= 0.3 is 11.8 Å². The lowest BCUT2D eigenvalue weighted by Gasteiger charge is -2.34. The molecule has 2 aliphatic rings. The highest BCUT2D eigenvalue weighted by atomic mass is 16.4. The van der Waals surface area contributed by atoms with Crippen molar-refractivity contribution in [3.05, 3.63) is 83.7 Å². The number of allylic oxidation sites excluding steroid dienone is 3. The van der Waals surface area contributed by atoms with Gasteiger partial charge in [0.15, 0.2) is 0 Å². The summed E-state index contributed by atoms with van der Waals surface area (Å²) < 4.78 is 5.68. The molecular weight excluding hydrogens is 420 g/mol. The fourth-order valence-corrected chi connectivity index (χ4v) is 4.20. The minimum Gasteiger partial charge on any atom is -0.411 e. The summed E-state index contributed by atoms with van der Waals surface area (Å²) >= 11 is 0. The Kier molecular flexibility index (Phi) is 5.57. The van der Waals surface area contributed by atoms with E-state index in [1.165, 1.54) is 0 Å². The predicted molar refractivity (Wildman–Crippen MR) is 120 cm³/mol. The van der Waals surface area contributed by atoms with Gasteiger partial charge in [0.25, 0.3) is 5.89 Å². The zero-order valence-electron chi connectivity index (χ0n) is 18.2. The van der Waals surface area contributed by atoms with Gasteiger partial charge in [-0.05, 0) is 36.6 Å². The lowest BCUT2D eigenvalue weighted by atomic mass is 9.97. The molecule has 2 aliphatic heterocycles. The van der Waals surface area contributed by atoms with E-state index in [1.54, 1.807) is 34.6 Å². The number of amides is 1. The highest BCUT2D eigenvalue weighted by Gasteiger charge is 2.35. The molecule has 0 unspecified atom stereocenters. The van der Waals surface area contributed by atoms with E-state index in [0.29, 0.717) is 25.1 Å². The number of H-pyrrole nitrogens is 1. The van der Waals surface area contributed by atoms with Crippen molar-refractivity contribution in [1.29, 1.82) is 0 Å². The monoisotopic (exact) mass is 444 g/mol. The number of fused-ring (bicyclic) bond motifs is 1. The summed E-state index contributed by atoms with van der Waals surface area (Å²) in [6, 6.07) is 5.08. The Morgan fingerprint density at radius 3 is 3.06 bits per heavy atom. The van der Waals surface area contributed by atoms with E-state index in [2.05, 4.69) is 44.2 Å². The molecule has 5 rings (SSSR count). The van der Waals surface area contributed by atoms with Crippen LogP contribution in [0.1, 0.15) is 47.9 Å². The second kappa shape index (κ2) is 8.83. The molecule has 3 aromatic rings. The average Bonchev–Trinajstić information content (AvgIpc) is 3.53. The molecule has 10 heteroatoms. The summed E-state index contributed by atoms with van der Waals surface area (Å²) in [5.74, 6) is 5.98. The van der Waals surface area contributed by atoms with E-state index < -0.39 is 0 Å². The predicted octanol–water partition coefficient (Wildman–Crippen LogP) is 2.91. The first-order chi connectivity index (χ1) is 16.2. The molecule has 0 aromatic carbocycles. The molecule has 0 aliphatic carbocycles. The summed E-state index contributed by atoms with van der Waals surface area (Å²) in [4.78, 5) is 27.1. The normalized spacial score (nSPS) is 19.0. The average molecular weight is 444 g/mol. The van der Waals surface area contributed by atoms with Gasteiger partial charge in [-0.2, -0.15) is 0 Å². The number of nitrogens with two attached hydrogens (primary N) is 1. The smallest absolute Gasteiger partial charge is 0.312 e. The van der Waals surface area contributed by atoms with E-state index in [-0.39, 0.29) is 23.7 Å². The number of aromatic nitrogens is 5. The van der Waals surface area contributed by atoms with Crippen molar-refractivity contribution < 1.29 is 9.21 Å². The first-order valence-corrected chi connectivity index (χ1v) is 10.9. The van der Waals surface area contributed by atoms with Crippen LogP contribution in [0.25, 0.3) is 11.6 Å². The molecule has 0 spiro atoms. The second-order valence-electron chi connectivity index (χ2n) is 7.78. The van der Waals surface area contributed by atoms with Gasteiger partial charge in [-0.15, -0.1) is 10.2 Å². The van der Waals surface area contributed by atoms with Crippen molar-refractivity contribution in [3.8, 4) is 11.6 Å². The van der Waals surface area contributed by atoms with Crippen LogP contribution < -0.4 is 5.84 Å². The highest BCUT2D eigenvalue weighted by Crippen LogP contribution is 2.33. The maximum absolute atomic E-state index is 13.4. The fourth-order valence-electron chi connectivity index (χ4n) is 4.20. The molecule has 0 saturated carbocycles. The Labute approximate surface area is 190 Å². The topological polar surface area (TPSA) is 130 Å². The molecule has 168 valence electrons. The number of hydrogen-bond acceptors (Lipinski definition) is 8. The molecule has 3 N–H and O–H groups in total. The second-order valence-corrected chi connectivity index (χ2v) is 7.78. The van der Waals surface area contributed by atoms with E-state index >= 15 is 0 Å². The number of hydrogen-bond donors (Lipinski definition) is 2. The Balaban J connectivity index is 1.44. The van der Waals surface area contributed by atoms with Crippen molar-refractivity contribution in [2.75, 3.05) is 6.54 Å². The highest BCUT2D eigenvalue weighted by molar-refractivity contribution is 5.90. The van der Waals surface area contributed by atoms with E-state index in [0.717, 1.165) is 29.1 Å². The van der Waals surface area contributed by atoms with Gasteiger partial charge < -0.3 is 14.3 Å². The van der Waals surface area contributed by atoms with Gasteiger partial charge in [-0.3, -0.25) is 14.8 Å². The molecule has 1 atom stereocenters. The van der Waals surface area contributed by atoms with Gasteiger partial charge in [-0.1, -0.05) is 25.1 Å². The molecule has 0 saturated heterocycles. The quantitative estimate of drug-likeness (QED) is 0.575. The van der Waals surface area contributed by atoms with Crippen molar-refractivity contribution in [3.63, 3.8) is 0 Å². The largest absolute Gasteiger partial charge is 0.411 e. The van der Waals surface area contributed by atoms with Crippen LogP contribution in [0.2, 0.25) is 0 Å². The van der Waals surface area contributed by atoms with Gasteiger partial charge in [0.05, 0.1) is 23.8 Å². The molecule has 0 fully saturated rings. The third kappa shape index (κ3) is 3.96. The lowest BCUT2D eigenvalue weighted by Crippen LogP contribution is -2.40. The van der Waals surface area contributed by atoms with Crippen LogP contribution >= 0.6 is 0 Å². The van der Waals surface area contributed by atoms with Gasteiger partial charge in [0.2, 0.25) is 0 Å². The van der Waals surface area contributed by atoms with Crippen LogP contribution in [0.3, 0.4) is 0 Å². The first-order valence-electron chi connectivity index (χ1n) is 10.9. The summed E-state index contributed by atoms with van der Waals surface area (Å²) in [5.41, 5.74) is 4.44. The van der Waals surface area contributed by atoms with Crippen molar-refractivity contribution >= 4 is 5.91 Å². The molecule has 3 aromatic heterocycles. The third-order valence-corrected chi connectivity index (χ3v) is 5.87. The Morgan fingerprint density at radius 2 is 2.24 bits per heavy atom. The maximum Gasteiger partial charge on any atom is 0.312 e. The van der Waals surface area contributed by atoms with Crippen LogP contribution in [0, 0.1) is 0 Å². The van der Waals surface area contributed by atoms with E-state index in [1.807, 2.05) is 18.3 Å². The standard InChI is InChI=1S/C23H24N8O2/c1-2-15-6-5-12-31(24)18(15)8-9-19-20-16(26-14-27-20)10-13-30(19)23(32)22-29-28-21(33-22)17-7-3-4-11-25-17/h3-8,11-12,14,19H,2,9-10,13,24H2,1H3,(H,26,27)/b18-8-/t19-/m0/s1. The Morgan fingerprint density at radius 1 is 1.33 bits per heavy atom. The van der Waals surface area contributed by atoms with Crippen LogP contribution in [0.5, 0.6) is 0 Å². The van der Waals surface area contributed by atoms with Crippen LogP contribution in [-0.4, -0.2) is 47.5 Å². The fraction of sp³-hybridized carbons (Fsp3) is 0.261. The molecule has 0 radical (unpaired) electrons. The van der Waals surface area contributed by atoms with Crippen molar-refractivity contribution in [2.24, 2.45) is 5.84 Å². The molecule has 10 nitrogen and oxygen atoms in total. The number of hydrazine groups is 1. The number of rotatable bonds is 5. The SMILES string of the molecule is CCC1=CC=CN(N)/C1=C\C[C@H]1c2nc[nH]c2CCN1C(=O)c1nnc(-c2ccccn2)o1. The number of imidazole rings is 1. The number of nitrogens with zero attached hydrogens (tertiary/aromatic N) is 6. The number of pyridine rings is 1. The van der Waals surface area contributed by atoms with Crippen LogP contribution in [0.4, 0.5) is 0 Å². The minimum absolute atomic E-state index is 0.0671. The zero-order valence-corrected chi connectivity index (χ0v) is 18.2. The van der Waals surface area contributed by atoms with Crippen molar-refractivity contribution in [2.45, 2.75) is 32.2 Å². The molecule has 33 heavy (non-hydrogen) atoms. The first kappa shape index (κ1) is 20.8. The van der Waals surface area contributed by atoms with Crippen LogP contribution in [0.15, 0.2) is 70.8 Å². The number of carbonyl (C=O) groups excluding carboxylic acids is 1. The third-order valence-electron chi connectivity index (χ3n) is 5.87.